The summed E-state index contributed by atoms with van der Waals surface area (Å²) >= 11 is 0. The lowest BCUT2D eigenvalue weighted by molar-refractivity contribution is -0.154. The largest absolute Gasteiger partial charge is 0.381 e. The number of amides is 1. The Morgan fingerprint density at radius 3 is 2.27 bits per heavy atom. The van der Waals surface area contributed by atoms with Gasteiger partial charge in [0.2, 0.25) is 0 Å². The van der Waals surface area contributed by atoms with Crippen molar-refractivity contribution in [1.29, 1.82) is 0 Å². The lowest BCUT2D eigenvalue weighted by atomic mass is 9.99. The molecule has 1 aliphatic heterocycles. The first-order valence-electron chi connectivity index (χ1n) is 3.93. The van der Waals surface area contributed by atoms with E-state index in [4.69, 9.17) is 0 Å². The van der Waals surface area contributed by atoms with E-state index in [-0.39, 0.29) is 5.91 Å². The molecule has 0 spiro atoms. The summed E-state index contributed by atoms with van der Waals surface area (Å²) in [7, 11) is 0. The molecule has 0 bridgehead atoms. The van der Waals surface area contributed by atoms with Gasteiger partial charge in [0.25, 0.3) is 5.91 Å². The lowest BCUT2D eigenvalue weighted by Gasteiger charge is -2.40. The van der Waals surface area contributed by atoms with Gasteiger partial charge in [0, 0.05) is 13.1 Å². The molecule has 3 heteroatoms. The molecule has 1 rings (SSSR count). The minimum Gasteiger partial charge on any atom is -0.381 e. The van der Waals surface area contributed by atoms with Crippen molar-refractivity contribution in [3.63, 3.8) is 0 Å². The summed E-state index contributed by atoms with van der Waals surface area (Å²) in [6.45, 7) is 6.73. The highest BCUT2D eigenvalue weighted by Gasteiger charge is 2.35. The van der Waals surface area contributed by atoms with Crippen LogP contribution in [0.3, 0.4) is 0 Å². The van der Waals surface area contributed by atoms with E-state index in [1.54, 1.807) is 4.90 Å². The number of aliphatic hydroxyl groups is 1. The van der Waals surface area contributed by atoms with E-state index in [0.29, 0.717) is 5.92 Å². The smallest absolute Gasteiger partial charge is 0.253 e. The molecule has 1 amide bonds. The third-order valence-corrected chi connectivity index (χ3v) is 1.87. The minimum absolute atomic E-state index is 0.157. The molecule has 1 aliphatic rings. The van der Waals surface area contributed by atoms with Crippen LogP contribution in [-0.4, -0.2) is 34.6 Å². The third-order valence-electron chi connectivity index (χ3n) is 1.87. The molecular formula is C8H15NO2. The summed E-state index contributed by atoms with van der Waals surface area (Å²) in [6.07, 6.45) is 0. The van der Waals surface area contributed by atoms with Crippen molar-refractivity contribution in [3.05, 3.63) is 0 Å². The second-order valence-electron chi connectivity index (χ2n) is 3.87. The monoisotopic (exact) mass is 157 g/mol. The summed E-state index contributed by atoms with van der Waals surface area (Å²) in [5.74, 6) is 0.442. The van der Waals surface area contributed by atoms with Crippen LogP contribution in [0.1, 0.15) is 20.8 Å². The van der Waals surface area contributed by atoms with E-state index in [1.807, 2.05) is 0 Å². The molecule has 0 aromatic heterocycles. The summed E-state index contributed by atoms with van der Waals surface area (Å²) in [4.78, 5) is 13.0. The number of rotatable bonds is 1. The molecule has 1 saturated heterocycles. The van der Waals surface area contributed by atoms with Crippen molar-refractivity contribution in [1.82, 2.24) is 4.90 Å². The Hall–Kier alpha value is -0.570. The van der Waals surface area contributed by atoms with Crippen molar-refractivity contribution < 1.29 is 9.90 Å². The molecule has 0 aromatic carbocycles. The predicted molar refractivity (Wildman–Crippen MR) is 42.0 cm³/mol. The maximum absolute atomic E-state index is 11.3. The fraction of sp³-hybridized carbons (Fsp3) is 0.875. The van der Waals surface area contributed by atoms with E-state index in [0.717, 1.165) is 13.1 Å². The van der Waals surface area contributed by atoms with Crippen LogP contribution in [0.2, 0.25) is 0 Å². The van der Waals surface area contributed by atoms with E-state index >= 15 is 0 Å². The Bertz CT molecular complexity index is 165. The first kappa shape index (κ1) is 8.53. The standard InChI is InChI=1S/C8H15NO2/c1-6-4-9(5-6)7(10)8(2,3)11/h6,11H,4-5H2,1-3H3. The fourth-order valence-corrected chi connectivity index (χ4v) is 1.25. The Balaban J connectivity index is 2.45. The zero-order chi connectivity index (χ0) is 8.65. The van der Waals surface area contributed by atoms with Gasteiger partial charge in [-0.2, -0.15) is 0 Å². The quantitative estimate of drug-likeness (QED) is 0.592. The molecule has 0 aliphatic carbocycles. The molecular weight excluding hydrogens is 142 g/mol. The highest BCUT2D eigenvalue weighted by atomic mass is 16.3. The predicted octanol–water partition coefficient (Wildman–Crippen LogP) is 0.236. The van der Waals surface area contributed by atoms with Gasteiger partial charge in [-0.25, -0.2) is 0 Å². The molecule has 11 heavy (non-hydrogen) atoms. The number of carbonyl (C=O) groups is 1. The number of hydrogen-bond acceptors (Lipinski definition) is 2. The van der Waals surface area contributed by atoms with Crippen LogP contribution in [0.25, 0.3) is 0 Å². The number of likely N-dealkylation sites (tertiary alicyclic amines) is 1. The molecule has 0 radical (unpaired) electrons. The number of carbonyl (C=O) groups excluding carboxylic acids is 1. The summed E-state index contributed by atoms with van der Waals surface area (Å²) < 4.78 is 0. The van der Waals surface area contributed by atoms with E-state index in [2.05, 4.69) is 6.92 Å². The van der Waals surface area contributed by atoms with Crippen molar-refractivity contribution in [2.45, 2.75) is 26.4 Å². The molecule has 1 fully saturated rings. The van der Waals surface area contributed by atoms with Crippen LogP contribution in [-0.2, 0) is 4.79 Å². The summed E-state index contributed by atoms with van der Waals surface area (Å²) in [6, 6.07) is 0. The van der Waals surface area contributed by atoms with E-state index in [1.165, 1.54) is 13.8 Å². The van der Waals surface area contributed by atoms with Gasteiger partial charge >= 0.3 is 0 Å². The van der Waals surface area contributed by atoms with Crippen molar-refractivity contribution in [2.75, 3.05) is 13.1 Å². The molecule has 1 heterocycles. The summed E-state index contributed by atoms with van der Waals surface area (Å²) in [5, 5.41) is 9.32. The van der Waals surface area contributed by atoms with Crippen molar-refractivity contribution in [2.24, 2.45) is 5.92 Å². The molecule has 0 aromatic rings. The topological polar surface area (TPSA) is 40.5 Å². The third kappa shape index (κ3) is 1.71. The zero-order valence-corrected chi connectivity index (χ0v) is 7.29. The van der Waals surface area contributed by atoms with Crippen molar-refractivity contribution >= 4 is 5.91 Å². The Labute approximate surface area is 67.0 Å². The van der Waals surface area contributed by atoms with Crippen molar-refractivity contribution in [3.8, 4) is 0 Å². The maximum Gasteiger partial charge on any atom is 0.253 e. The molecule has 0 unspecified atom stereocenters. The van der Waals surface area contributed by atoms with Gasteiger partial charge in [0.05, 0.1) is 0 Å². The van der Waals surface area contributed by atoms with Gasteiger partial charge in [0.1, 0.15) is 5.60 Å². The Morgan fingerprint density at radius 2 is 2.00 bits per heavy atom. The van der Waals surface area contributed by atoms with E-state index in [9.17, 15) is 9.90 Å². The van der Waals surface area contributed by atoms with Crippen LogP contribution in [0, 0.1) is 5.92 Å². The second kappa shape index (κ2) is 2.48. The highest BCUT2D eigenvalue weighted by molar-refractivity contribution is 5.84. The summed E-state index contributed by atoms with van der Waals surface area (Å²) in [5.41, 5.74) is -1.19. The normalized spacial score (nSPS) is 19.8. The van der Waals surface area contributed by atoms with Gasteiger partial charge < -0.3 is 10.0 Å². The van der Waals surface area contributed by atoms with Gasteiger partial charge in [-0.1, -0.05) is 6.92 Å². The maximum atomic E-state index is 11.3. The van der Waals surface area contributed by atoms with Crippen LogP contribution in [0.4, 0.5) is 0 Å². The van der Waals surface area contributed by atoms with Crippen LogP contribution in [0.5, 0.6) is 0 Å². The molecule has 3 nitrogen and oxygen atoms in total. The average Bonchev–Trinajstić information content (AvgIpc) is 1.77. The number of hydrogen-bond donors (Lipinski definition) is 1. The minimum atomic E-state index is -1.19. The number of nitrogens with zero attached hydrogens (tertiary/aromatic N) is 1. The zero-order valence-electron chi connectivity index (χ0n) is 7.29. The van der Waals surface area contributed by atoms with E-state index < -0.39 is 5.60 Å². The molecule has 1 N–H and O–H groups in total. The van der Waals surface area contributed by atoms with Gasteiger partial charge in [-0.05, 0) is 19.8 Å². The SMILES string of the molecule is CC1CN(C(=O)C(C)(C)O)C1. The second-order valence-corrected chi connectivity index (χ2v) is 3.87. The van der Waals surface area contributed by atoms with Crippen LogP contribution < -0.4 is 0 Å². The molecule has 0 atom stereocenters. The van der Waals surface area contributed by atoms with Gasteiger partial charge in [-0.15, -0.1) is 0 Å². The average molecular weight is 157 g/mol. The van der Waals surface area contributed by atoms with Gasteiger partial charge in [-0.3, -0.25) is 4.79 Å². The Morgan fingerprint density at radius 1 is 1.55 bits per heavy atom. The van der Waals surface area contributed by atoms with Crippen LogP contribution >= 0.6 is 0 Å². The lowest BCUT2D eigenvalue weighted by Crippen LogP contribution is -2.55. The fourth-order valence-electron chi connectivity index (χ4n) is 1.25. The molecule has 0 saturated carbocycles. The van der Waals surface area contributed by atoms with Gasteiger partial charge in [0.15, 0.2) is 0 Å². The molecule has 64 valence electrons. The Kier molecular flexibility index (Phi) is 1.92. The van der Waals surface area contributed by atoms with Crippen LogP contribution in [0.15, 0.2) is 0 Å². The first-order valence-corrected chi connectivity index (χ1v) is 3.93. The highest BCUT2D eigenvalue weighted by Crippen LogP contribution is 2.18. The first-order chi connectivity index (χ1) is 4.91.